The maximum absolute atomic E-state index is 12.8. The SMILES string of the molecule is O=C(NCCC1=CCCCC1)C1CCCN(S(=O)(=O)N2CCOCC2)C1. The molecule has 0 aromatic carbocycles. The van der Waals surface area contributed by atoms with Crippen LogP contribution in [0.25, 0.3) is 0 Å². The Bertz CT molecular complexity index is 614. The summed E-state index contributed by atoms with van der Waals surface area (Å²) in [6.45, 7) is 3.09. The molecule has 0 aromatic rings. The lowest BCUT2D eigenvalue weighted by Crippen LogP contribution is -2.53. The van der Waals surface area contributed by atoms with E-state index in [4.69, 9.17) is 4.74 Å². The number of allylic oxidation sites excluding steroid dienone is 1. The van der Waals surface area contributed by atoms with E-state index in [0.717, 1.165) is 32.1 Å². The van der Waals surface area contributed by atoms with Crippen molar-refractivity contribution in [3.8, 4) is 0 Å². The Hall–Kier alpha value is -0.960. The summed E-state index contributed by atoms with van der Waals surface area (Å²) in [4.78, 5) is 12.5. The van der Waals surface area contributed by atoms with Crippen LogP contribution in [0.3, 0.4) is 0 Å². The zero-order valence-corrected chi connectivity index (χ0v) is 16.3. The molecule has 26 heavy (non-hydrogen) atoms. The molecule has 7 nitrogen and oxygen atoms in total. The van der Waals surface area contributed by atoms with Gasteiger partial charge in [0.1, 0.15) is 0 Å². The summed E-state index contributed by atoms with van der Waals surface area (Å²) in [5.41, 5.74) is 1.44. The molecule has 1 aliphatic carbocycles. The number of hydrogen-bond acceptors (Lipinski definition) is 4. The molecule has 0 saturated carbocycles. The molecule has 0 radical (unpaired) electrons. The van der Waals surface area contributed by atoms with Crippen molar-refractivity contribution in [3.63, 3.8) is 0 Å². The number of carbonyl (C=O) groups is 1. The van der Waals surface area contributed by atoms with Gasteiger partial charge in [0.25, 0.3) is 10.2 Å². The fourth-order valence-electron chi connectivity index (χ4n) is 3.93. The van der Waals surface area contributed by atoms with E-state index in [0.29, 0.717) is 39.4 Å². The van der Waals surface area contributed by atoms with Crippen molar-refractivity contribution in [2.45, 2.75) is 44.9 Å². The number of amides is 1. The van der Waals surface area contributed by atoms with Gasteiger partial charge in [-0.1, -0.05) is 11.6 Å². The van der Waals surface area contributed by atoms with E-state index in [1.54, 1.807) is 0 Å². The molecule has 3 aliphatic rings. The van der Waals surface area contributed by atoms with Crippen LogP contribution in [0.4, 0.5) is 0 Å². The molecule has 8 heteroatoms. The number of piperidine rings is 1. The van der Waals surface area contributed by atoms with Crippen LogP contribution in [-0.2, 0) is 19.7 Å². The first-order valence-corrected chi connectivity index (χ1v) is 11.3. The third-order valence-electron chi connectivity index (χ3n) is 5.51. The molecule has 2 heterocycles. The zero-order valence-electron chi connectivity index (χ0n) is 15.5. The highest BCUT2D eigenvalue weighted by Gasteiger charge is 2.36. The molecule has 1 N–H and O–H groups in total. The van der Waals surface area contributed by atoms with E-state index < -0.39 is 10.2 Å². The number of morpholine rings is 1. The molecule has 2 fully saturated rings. The van der Waals surface area contributed by atoms with Crippen LogP contribution in [0, 0.1) is 5.92 Å². The number of rotatable bonds is 6. The van der Waals surface area contributed by atoms with Crippen molar-refractivity contribution in [1.82, 2.24) is 13.9 Å². The van der Waals surface area contributed by atoms with Gasteiger partial charge in [0.05, 0.1) is 19.1 Å². The third kappa shape index (κ3) is 5.06. The lowest BCUT2D eigenvalue weighted by Gasteiger charge is -2.36. The molecule has 0 bridgehead atoms. The summed E-state index contributed by atoms with van der Waals surface area (Å²) < 4.78 is 33.8. The first kappa shape index (κ1) is 19.8. The average Bonchev–Trinajstić information content (AvgIpc) is 2.69. The van der Waals surface area contributed by atoms with Gasteiger partial charge in [-0.3, -0.25) is 4.79 Å². The summed E-state index contributed by atoms with van der Waals surface area (Å²) in [6, 6.07) is 0. The Morgan fingerprint density at radius 2 is 1.96 bits per heavy atom. The summed E-state index contributed by atoms with van der Waals surface area (Å²) >= 11 is 0. The van der Waals surface area contributed by atoms with E-state index in [2.05, 4.69) is 11.4 Å². The minimum absolute atomic E-state index is 0.0108. The first-order chi connectivity index (χ1) is 12.6. The van der Waals surface area contributed by atoms with Crippen LogP contribution in [0.1, 0.15) is 44.9 Å². The Morgan fingerprint density at radius 3 is 2.69 bits per heavy atom. The quantitative estimate of drug-likeness (QED) is 0.699. The Labute approximate surface area is 156 Å². The van der Waals surface area contributed by atoms with Crippen LogP contribution in [0.2, 0.25) is 0 Å². The second kappa shape index (κ2) is 9.30. The highest BCUT2D eigenvalue weighted by Crippen LogP contribution is 2.23. The highest BCUT2D eigenvalue weighted by molar-refractivity contribution is 7.86. The average molecular weight is 386 g/mol. The van der Waals surface area contributed by atoms with Gasteiger partial charge in [-0.2, -0.15) is 17.0 Å². The van der Waals surface area contributed by atoms with Crippen LogP contribution >= 0.6 is 0 Å². The van der Waals surface area contributed by atoms with Crippen molar-refractivity contribution in [2.24, 2.45) is 5.92 Å². The molecule has 148 valence electrons. The van der Waals surface area contributed by atoms with Gasteiger partial charge in [0, 0.05) is 32.7 Å². The van der Waals surface area contributed by atoms with Crippen molar-refractivity contribution in [2.75, 3.05) is 45.9 Å². The van der Waals surface area contributed by atoms with Gasteiger partial charge in [-0.05, 0) is 44.9 Å². The Kier molecular flexibility index (Phi) is 7.08. The van der Waals surface area contributed by atoms with Gasteiger partial charge in [0.15, 0.2) is 0 Å². The number of hydrogen-bond donors (Lipinski definition) is 1. The second-order valence-electron chi connectivity index (χ2n) is 7.37. The molecule has 2 saturated heterocycles. The van der Waals surface area contributed by atoms with Gasteiger partial charge in [-0.25, -0.2) is 0 Å². The van der Waals surface area contributed by atoms with Gasteiger partial charge < -0.3 is 10.1 Å². The molecule has 1 amide bonds. The third-order valence-corrected chi connectivity index (χ3v) is 7.51. The topological polar surface area (TPSA) is 79.0 Å². The van der Waals surface area contributed by atoms with Crippen molar-refractivity contribution < 1.29 is 17.9 Å². The van der Waals surface area contributed by atoms with Crippen molar-refractivity contribution in [1.29, 1.82) is 0 Å². The van der Waals surface area contributed by atoms with E-state index in [1.165, 1.54) is 27.0 Å². The molecule has 0 aromatic heterocycles. The monoisotopic (exact) mass is 385 g/mol. The minimum atomic E-state index is -3.49. The van der Waals surface area contributed by atoms with Crippen LogP contribution in [-0.4, -0.2) is 68.9 Å². The number of ether oxygens (including phenoxy) is 1. The summed E-state index contributed by atoms with van der Waals surface area (Å²) in [5, 5.41) is 3.02. The molecular formula is C18H31N3O4S. The van der Waals surface area contributed by atoms with Crippen LogP contribution in [0.15, 0.2) is 11.6 Å². The highest BCUT2D eigenvalue weighted by atomic mass is 32.2. The van der Waals surface area contributed by atoms with Crippen LogP contribution < -0.4 is 5.32 Å². The van der Waals surface area contributed by atoms with Crippen molar-refractivity contribution in [3.05, 3.63) is 11.6 Å². The van der Waals surface area contributed by atoms with E-state index in [1.807, 2.05) is 0 Å². The first-order valence-electron chi connectivity index (χ1n) is 9.86. The predicted molar refractivity (Wildman–Crippen MR) is 99.8 cm³/mol. The molecule has 0 spiro atoms. The van der Waals surface area contributed by atoms with E-state index >= 15 is 0 Å². The fourth-order valence-corrected chi connectivity index (χ4v) is 5.59. The van der Waals surface area contributed by atoms with Gasteiger partial charge >= 0.3 is 0 Å². The van der Waals surface area contributed by atoms with Gasteiger partial charge in [0.2, 0.25) is 5.91 Å². The molecule has 3 rings (SSSR count). The predicted octanol–water partition coefficient (Wildman–Crippen LogP) is 1.28. The number of nitrogens with zero attached hydrogens (tertiary/aromatic N) is 2. The normalized spacial score (nSPS) is 26.3. The summed E-state index contributed by atoms with van der Waals surface area (Å²) in [7, 11) is -3.49. The Balaban J connectivity index is 1.49. The summed E-state index contributed by atoms with van der Waals surface area (Å²) in [6.07, 6.45) is 9.50. The molecule has 2 aliphatic heterocycles. The number of carbonyl (C=O) groups excluding carboxylic acids is 1. The number of nitrogens with one attached hydrogen (secondary N) is 1. The summed E-state index contributed by atoms with van der Waals surface area (Å²) in [5.74, 6) is -0.261. The molecular weight excluding hydrogens is 354 g/mol. The van der Waals surface area contributed by atoms with Crippen LogP contribution in [0.5, 0.6) is 0 Å². The standard InChI is InChI=1S/C18H31N3O4S/c22-18(19-9-8-16-5-2-1-3-6-16)17-7-4-10-21(15-17)26(23,24)20-11-13-25-14-12-20/h5,17H,1-4,6-15H2,(H,19,22). The van der Waals surface area contributed by atoms with Crippen molar-refractivity contribution >= 4 is 16.1 Å². The lowest BCUT2D eigenvalue weighted by molar-refractivity contribution is -0.126. The molecule has 1 atom stereocenters. The zero-order chi connectivity index (χ0) is 18.4. The lowest BCUT2D eigenvalue weighted by atomic mass is 9.96. The maximum atomic E-state index is 12.8. The molecule has 1 unspecified atom stereocenters. The largest absolute Gasteiger partial charge is 0.379 e. The van der Waals surface area contributed by atoms with E-state index in [9.17, 15) is 13.2 Å². The Morgan fingerprint density at radius 1 is 1.15 bits per heavy atom. The minimum Gasteiger partial charge on any atom is -0.379 e. The van der Waals surface area contributed by atoms with E-state index in [-0.39, 0.29) is 18.4 Å². The maximum Gasteiger partial charge on any atom is 0.282 e. The second-order valence-corrected chi connectivity index (χ2v) is 9.29. The fraction of sp³-hybridized carbons (Fsp3) is 0.833. The van der Waals surface area contributed by atoms with Gasteiger partial charge in [-0.15, -0.1) is 0 Å². The smallest absolute Gasteiger partial charge is 0.282 e.